The summed E-state index contributed by atoms with van der Waals surface area (Å²) in [6.45, 7) is 4.46. The molecule has 0 saturated carbocycles. The second kappa shape index (κ2) is 41.6. The summed E-state index contributed by atoms with van der Waals surface area (Å²) in [6.07, 6.45) is 43.9. The van der Waals surface area contributed by atoms with Gasteiger partial charge in [-0.2, -0.15) is 0 Å². The Morgan fingerprint density at radius 2 is 0.683 bits per heavy atom. The molecule has 0 spiro atoms. The Labute approximate surface area is 294 Å². The molecule has 5 heteroatoms. The van der Waals surface area contributed by atoms with E-state index in [0.717, 1.165) is 64.2 Å². The van der Waals surface area contributed by atoms with E-state index in [2.05, 4.69) is 62.5 Å². The number of carbonyl (C=O) groups is 2. The summed E-state index contributed by atoms with van der Waals surface area (Å²) in [5.41, 5.74) is 0. The summed E-state index contributed by atoms with van der Waals surface area (Å²) in [6, 6.07) is 0. The fourth-order valence-corrected chi connectivity index (χ4v) is 4.16. The molecule has 4 nitrogen and oxygen atoms in total. The molecule has 0 unspecified atom stereocenters. The minimum Gasteiger partial charge on any atom is -0.550 e. The van der Waals surface area contributed by atoms with Gasteiger partial charge < -0.3 is 19.8 Å². The average Bonchev–Trinajstić information content (AvgIpc) is 2.93. The van der Waals surface area contributed by atoms with Crippen LogP contribution in [0.1, 0.15) is 168 Å². The maximum Gasteiger partial charge on any atom is 2.00 e. The normalized spacial score (nSPS) is 11.4. The van der Waals surface area contributed by atoms with Crippen LogP contribution in [0.4, 0.5) is 0 Å². The third-order valence-corrected chi connectivity index (χ3v) is 6.66. The number of aliphatic carboxylic acids is 2. The SMILES string of the molecule is CCCCC/C=C/C/C=C/CCCCCCCC(=O)[O-].CCCCC/C=C\C/C=C\CCCCCCCC(=O)[O-].[Ba+2]. The van der Waals surface area contributed by atoms with Crippen LogP contribution in [0, 0.1) is 0 Å². The van der Waals surface area contributed by atoms with Gasteiger partial charge in [0.15, 0.2) is 0 Å². The van der Waals surface area contributed by atoms with E-state index in [-0.39, 0.29) is 61.7 Å². The molecule has 0 radical (unpaired) electrons. The summed E-state index contributed by atoms with van der Waals surface area (Å²) in [4.78, 5) is 20.4. The number of carboxylic acids is 2. The Kier molecular flexibility index (Phi) is 45.6. The van der Waals surface area contributed by atoms with E-state index in [4.69, 9.17) is 0 Å². The predicted octanol–water partition coefficient (Wildman–Crippen LogP) is 8.72. The minimum atomic E-state index is -0.921. The van der Waals surface area contributed by atoms with Crippen LogP contribution < -0.4 is 10.2 Å². The van der Waals surface area contributed by atoms with Gasteiger partial charge >= 0.3 is 48.9 Å². The van der Waals surface area contributed by atoms with Crippen molar-refractivity contribution < 1.29 is 19.8 Å². The number of allylic oxidation sites excluding steroid dienone is 8. The zero-order chi connectivity index (χ0) is 29.8. The van der Waals surface area contributed by atoms with E-state index in [0.29, 0.717) is 0 Å². The van der Waals surface area contributed by atoms with Gasteiger partial charge in [-0.05, 0) is 89.9 Å². The molecule has 0 amide bonds. The molecule has 0 bridgehead atoms. The minimum absolute atomic E-state index is 0. The Balaban J connectivity index is -0.000000688. The first kappa shape index (κ1) is 44.9. The standard InChI is InChI=1S/2C18H32O2.Ba/c2*1-2-3-4-5-6-7-8-9-10-11-12-13-14-15-16-17-18(19)20;/h2*6-7,9-10H,2-5,8,11-17H2,1H3,(H,19,20);/q;;+2/p-2/b7-6+,10-9+;7-6-,10-9-;. The fraction of sp³-hybridized carbons (Fsp3) is 0.722. The van der Waals surface area contributed by atoms with Crippen molar-refractivity contribution in [3.63, 3.8) is 0 Å². The third kappa shape index (κ3) is 49.5. The van der Waals surface area contributed by atoms with E-state index < -0.39 is 11.9 Å². The van der Waals surface area contributed by atoms with Gasteiger partial charge in [0.05, 0.1) is 0 Å². The molecule has 0 aromatic heterocycles. The van der Waals surface area contributed by atoms with Gasteiger partial charge in [0.25, 0.3) is 0 Å². The summed E-state index contributed by atoms with van der Waals surface area (Å²) >= 11 is 0. The molecule has 232 valence electrons. The predicted molar refractivity (Wildman–Crippen MR) is 174 cm³/mol. The summed E-state index contributed by atoms with van der Waals surface area (Å²) in [7, 11) is 0. The van der Waals surface area contributed by atoms with Crippen LogP contribution in [0.3, 0.4) is 0 Å². The van der Waals surface area contributed by atoms with Crippen LogP contribution in [0.2, 0.25) is 0 Å². The van der Waals surface area contributed by atoms with Gasteiger partial charge in [-0.3, -0.25) is 0 Å². The number of carbonyl (C=O) groups excluding carboxylic acids is 2. The van der Waals surface area contributed by atoms with Crippen molar-refractivity contribution in [1.82, 2.24) is 0 Å². The Hall–Kier alpha value is -0.529. The zero-order valence-electron chi connectivity index (χ0n) is 26.9. The first-order valence-electron chi connectivity index (χ1n) is 16.5. The number of hydrogen-bond donors (Lipinski definition) is 0. The fourth-order valence-electron chi connectivity index (χ4n) is 4.16. The van der Waals surface area contributed by atoms with E-state index >= 15 is 0 Å². The number of rotatable bonds is 28. The van der Waals surface area contributed by atoms with E-state index in [9.17, 15) is 19.8 Å². The van der Waals surface area contributed by atoms with Crippen LogP contribution >= 0.6 is 0 Å². The van der Waals surface area contributed by atoms with Crippen LogP contribution in [0.25, 0.3) is 0 Å². The molecule has 0 N–H and O–H groups in total. The van der Waals surface area contributed by atoms with Crippen molar-refractivity contribution in [1.29, 1.82) is 0 Å². The molecular formula is C36H62BaO4. The van der Waals surface area contributed by atoms with Crippen LogP contribution in [0.15, 0.2) is 48.6 Å². The van der Waals surface area contributed by atoms with Gasteiger partial charge in [-0.25, -0.2) is 0 Å². The number of carboxylic acid groups (broad SMARTS) is 2. The topological polar surface area (TPSA) is 80.3 Å². The molecule has 0 heterocycles. The second-order valence-electron chi connectivity index (χ2n) is 10.7. The zero-order valence-corrected chi connectivity index (χ0v) is 31.4. The van der Waals surface area contributed by atoms with Crippen molar-refractivity contribution >= 4 is 60.8 Å². The maximum atomic E-state index is 10.2. The summed E-state index contributed by atoms with van der Waals surface area (Å²) < 4.78 is 0. The van der Waals surface area contributed by atoms with Crippen molar-refractivity contribution in [3.8, 4) is 0 Å². The molecule has 0 aromatic carbocycles. The molecule has 0 fully saturated rings. The number of unbranched alkanes of at least 4 members (excludes halogenated alkanes) is 16. The molecule has 0 aliphatic carbocycles. The summed E-state index contributed by atoms with van der Waals surface area (Å²) in [5, 5.41) is 20.4. The molecule has 0 aliphatic heterocycles. The van der Waals surface area contributed by atoms with Crippen molar-refractivity contribution in [2.45, 2.75) is 168 Å². The first-order chi connectivity index (χ1) is 19.5. The molecule has 0 rings (SSSR count). The van der Waals surface area contributed by atoms with Crippen molar-refractivity contribution in [2.24, 2.45) is 0 Å². The second-order valence-corrected chi connectivity index (χ2v) is 10.7. The Morgan fingerprint density at radius 1 is 0.415 bits per heavy atom. The van der Waals surface area contributed by atoms with Gasteiger partial charge in [0.1, 0.15) is 0 Å². The summed E-state index contributed by atoms with van der Waals surface area (Å²) in [5.74, 6) is -1.84. The molecule has 0 aromatic rings. The molecule has 0 atom stereocenters. The largest absolute Gasteiger partial charge is 2.00 e. The first-order valence-corrected chi connectivity index (χ1v) is 16.5. The average molecular weight is 696 g/mol. The Bertz CT molecular complexity index is 596. The molecular weight excluding hydrogens is 634 g/mol. The van der Waals surface area contributed by atoms with Crippen LogP contribution in [-0.4, -0.2) is 60.8 Å². The van der Waals surface area contributed by atoms with Crippen molar-refractivity contribution in [3.05, 3.63) is 48.6 Å². The third-order valence-electron chi connectivity index (χ3n) is 6.66. The van der Waals surface area contributed by atoms with Gasteiger partial charge in [0.2, 0.25) is 0 Å². The van der Waals surface area contributed by atoms with Gasteiger partial charge in [-0.15, -0.1) is 0 Å². The molecule has 0 aliphatic rings. The van der Waals surface area contributed by atoms with E-state index in [1.807, 2.05) is 0 Å². The smallest absolute Gasteiger partial charge is 0.550 e. The monoisotopic (exact) mass is 696 g/mol. The van der Waals surface area contributed by atoms with E-state index in [1.165, 1.54) is 77.0 Å². The van der Waals surface area contributed by atoms with E-state index in [1.54, 1.807) is 0 Å². The van der Waals surface area contributed by atoms with Crippen LogP contribution in [0.5, 0.6) is 0 Å². The molecule has 41 heavy (non-hydrogen) atoms. The number of hydrogen-bond acceptors (Lipinski definition) is 4. The van der Waals surface area contributed by atoms with Crippen LogP contribution in [-0.2, 0) is 9.59 Å². The quantitative estimate of drug-likeness (QED) is 0.0466. The van der Waals surface area contributed by atoms with Crippen molar-refractivity contribution in [2.75, 3.05) is 0 Å². The van der Waals surface area contributed by atoms with Gasteiger partial charge in [-0.1, -0.05) is 127 Å². The Morgan fingerprint density at radius 3 is 0.976 bits per heavy atom. The maximum absolute atomic E-state index is 10.2. The molecule has 0 saturated heterocycles. The van der Waals surface area contributed by atoms with Gasteiger partial charge in [0, 0.05) is 11.9 Å².